The van der Waals surface area contributed by atoms with Crippen molar-refractivity contribution < 1.29 is 19.4 Å². The summed E-state index contributed by atoms with van der Waals surface area (Å²) in [6, 6.07) is 4.34. The Bertz CT molecular complexity index is 494. The molecule has 1 aromatic carbocycles. The van der Waals surface area contributed by atoms with Gasteiger partial charge in [-0.05, 0) is 38.5 Å². The number of nitrogens with one attached hydrogen (secondary N) is 1. The molecule has 0 atom stereocenters. The standard InChI is InChI=1S/C13H16ClNO4/c1-13(2,3)19-12(18)15-7-8-4-5-9(14)6-10(8)11(16)17/h4-6H,7H2,1-3H3,(H,15,18)(H,16,17)/p-1. The van der Waals surface area contributed by atoms with Crippen molar-refractivity contribution in [3.8, 4) is 0 Å². The number of hydrogen-bond donors (Lipinski definition) is 1. The SMILES string of the molecule is CC(C)(C)OC(=O)NCc1ccc(Cl)cc1C(=O)[O-]. The van der Waals surface area contributed by atoms with Gasteiger partial charge < -0.3 is 20.0 Å². The number of carbonyl (C=O) groups excluding carboxylic acids is 2. The third-order valence-electron chi connectivity index (χ3n) is 2.11. The van der Waals surface area contributed by atoms with Crippen LogP contribution in [0.5, 0.6) is 0 Å². The molecule has 0 fully saturated rings. The second kappa shape index (κ2) is 5.93. The average Bonchev–Trinajstić information content (AvgIpc) is 2.24. The van der Waals surface area contributed by atoms with E-state index in [1.54, 1.807) is 26.8 Å². The van der Waals surface area contributed by atoms with Gasteiger partial charge in [0.2, 0.25) is 0 Å². The van der Waals surface area contributed by atoms with Crippen LogP contribution in [-0.4, -0.2) is 17.7 Å². The Morgan fingerprint density at radius 3 is 2.53 bits per heavy atom. The molecule has 0 aliphatic heterocycles. The fourth-order valence-corrected chi connectivity index (χ4v) is 1.55. The molecule has 0 saturated heterocycles. The molecule has 5 nitrogen and oxygen atoms in total. The van der Waals surface area contributed by atoms with Gasteiger partial charge in [0.05, 0.1) is 5.97 Å². The molecule has 0 heterocycles. The largest absolute Gasteiger partial charge is 0.545 e. The molecule has 1 N–H and O–H groups in total. The van der Waals surface area contributed by atoms with Crippen molar-refractivity contribution >= 4 is 23.7 Å². The maximum atomic E-state index is 11.5. The number of amides is 1. The summed E-state index contributed by atoms with van der Waals surface area (Å²) in [5.74, 6) is -1.34. The zero-order valence-electron chi connectivity index (χ0n) is 11.0. The van der Waals surface area contributed by atoms with E-state index >= 15 is 0 Å². The first-order valence-electron chi connectivity index (χ1n) is 5.65. The number of hydrogen-bond acceptors (Lipinski definition) is 4. The number of carboxylic acid groups (broad SMARTS) is 1. The highest BCUT2D eigenvalue weighted by Crippen LogP contribution is 2.16. The van der Waals surface area contributed by atoms with Crippen LogP contribution in [0, 0.1) is 0 Å². The number of benzene rings is 1. The van der Waals surface area contributed by atoms with E-state index in [9.17, 15) is 14.7 Å². The van der Waals surface area contributed by atoms with Crippen molar-refractivity contribution in [3.05, 3.63) is 34.3 Å². The summed E-state index contributed by atoms with van der Waals surface area (Å²) >= 11 is 5.71. The summed E-state index contributed by atoms with van der Waals surface area (Å²) in [6.45, 7) is 5.24. The van der Waals surface area contributed by atoms with Gasteiger partial charge in [0.1, 0.15) is 5.60 Å². The van der Waals surface area contributed by atoms with E-state index in [-0.39, 0.29) is 12.1 Å². The monoisotopic (exact) mass is 284 g/mol. The molecule has 0 bridgehead atoms. The van der Waals surface area contributed by atoms with Crippen LogP contribution in [0.2, 0.25) is 5.02 Å². The number of aromatic carboxylic acids is 1. The van der Waals surface area contributed by atoms with Gasteiger partial charge in [0.15, 0.2) is 0 Å². The van der Waals surface area contributed by atoms with Gasteiger partial charge in [-0.25, -0.2) is 4.79 Å². The Morgan fingerprint density at radius 1 is 1.37 bits per heavy atom. The molecule has 6 heteroatoms. The quantitative estimate of drug-likeness (QED) is 0.917. The van der Waals surface area contributed by atoms with Crippen LogP contribution in [0.25, 0.3) is 0 Å². The first kappa shape index (κ1) is 15.3. The van der Waals surface area contributed by atoms with Crippen LogP contribution in [0.15, 0.2) is 18.2 Å². The van der Waals surface area contributed by atoms with Gasteiger partial charge in [0.25, 0.3) is 0 Å². The van der Waals surface area contributed by atoms with Gasteiger partial charge in [-0.15, -0.1) is 0 Å². The molecule has 1 rings (SSSR count). The van der Waals surface area contributed by atoms with Crippen LogP contribution in [0.4, 0.5) is 4.79 Å². The molecule has 1 aromatic rings. The first-order valence-corrected chi connectivity index (χ1v) is 6.03. The van der Waals surface area contributed by atoms with Crippen molar-refractivity contribution in [3.63, 3.8) is 0 Å². The van der Waals surface area contributed by atoms with Crippen LogP contribution < -0.4 is 10.4 Å². The summed E-state index contributed by atoms with van der Waals surface area (Å²) in [7, 11) is 0. The molecule has 0 unspecified atom stereocenters. The third-order valence-corrected chi connectivity index (χ3v) is 2.35. The van der Waals surface area contributed by atoms with E-state index in [1.807, 2.05) is 0 Å². The molecule has 1 amide bonds. The predicted octanol–water partition coefficient (Wildman–Crippen LogP) is 1.73. The fraction of sp³-hybridized carbons (Fsp3) is 0.385. The highest BCUT2D eigenvalue weighted by molar-refractivity contribution is 6.30. The van der Waals surface area contributed by atoms with E-state index < -0.39 is 17.7 Å². The van der Waals surface area contributed by atoms with Crippen LogP contribution >= 0.6 is 11.6 Å². The minimum atomic E-state index is -1.34. The van der Waals surface area contributed by atoms with Crippen molar-refractivity contribution in [2.75, 3.05) is 0 Å². The Labute approximate surface area is 116 Å². The van der Waals surface area contributed by atoms with Crippen molar-refractivity contribution in [2.24, 2.45) is 0 Å². The molecule has 0 aromatic heterocycles. The highest BCUT2D eigenvalue weighted by Gasteiger charge is 2.16. The first-order chi connectivity index (χ1) is 8.69. The molecule has 19 heavy (non-hydrogen) atoms. The maximum absolute atomic E-state index is 11.5. The second-order valence-electron chi connectivity index (χ2n) is 4.94. The molecular formula is C13H15ClNO4-. The number of halogens is 1. The zero-order chi connectivity index (χ0) is 14.6. The lowest BCUT2D eigenvalue weighted by Gasteiger charge is -2.20. The molecule has 0 aliphatic rings. The molecule has 0 aliphatic carbocycles. The summed E-state index contributed by atoms with van der Waals surface area (Å²) in [5, 5.41) is 13.7. The van der Waals surface area contributed by atoms with Gasteiger partial charge in [-0.2, -0.15) is 0 Å². The Balaban J connectivity index is 2.73. The number of ether oxygens (including phenoxy) is 1. The number of rotatable bonds is 3. The smallest absolute Gasteiger partial charge is 0.407 e. The summed E-state index contributed by atoms with van der Waals surface area (Å²) in [4.78, 5) is 22.4. The summed E-state index contributed by atoms with van der Waals surface area (Å²) < 4.78 is 5.04. The molecule has 0 saturated carbocycles. The molecule has 0 spiro atoms. The van der Waals surface area contributed by atoms with Gasteiger partial charge in [-0.3, -0.25) is 0 Å². The summed E-state index contributed by atoms with van der Waals surface area (Å²) in [6.07, 6.45) is -0.619. The second-order valence-corrected chi connectivity index (χ2v) is 5.38. The Morgan fingerprint density at radius 2 is 2.00 bits per heavy atom. The van der Waals surface area contributed by atoms with E-state index in [2.05, 4.69) is 5.32 Å². The number of carboxylic acids is 1. The highest BCUT2D eigenvalue weighted by atomic mass is 35.5. The molecule has 0 radical (unpaired) electrons. The van der Waals surface area contributed by atoms with Crippen molar-refractivity contribution in [1.82, 2.24) is 5.32 Å². The molecule has 104 valence electrons. The predicted molar refractivity (Wildman–Crippen MR) is 68.9 cm³/mol. The lowest BCUT2D eigenvalue weighted by Crippen LogP contribution is -2.33. The zero-order valence-corrected chi connectivity index (χ0v) is 11.7. The van der Waals surface area contributed by atoms with E-state index in [4.69, 9.17) is 16.3 Å². The van der Waals surface area contributed by atoms with Gasteiger partial charge in [0, 0.05) is 17.1 Å². The van der Waals surface area contributed by atoms with E-state index in [0.29, 0.717) is 10.6 Å². The lowest BCUT2D eigenvalue weighted by molar-refractivity contribution is -0.255. The van der Waals surface area contributed by atoms with Gasteiger partial charge in [-0.1, -0.05) is 17.7 Å². The topological polar surface area (TPSA) is 78.5 Å². The van der Waals surface area contributed by atoms with Crippen molar-refractivity contribution in [1.29, 1.82) is 0 Å². The van der Waals surface area contributed by atoms with E-state index in [1.165, 1.54) is 12.1 Å². The fourth-order valence-electron chi connectivity index (χ4n) is 1.37. The maximum Gasteiger partial charge on any atom is 0.407 e. The normalized spacial score (nSPS) is 10.9. The van der Waals surface area contributed by atoms with Crippen LogP contribution in [0.1, 0.15) is 36.7 Å². The van der Waals surface area contributed by atoms with Crippen LogP contribution in [0.3, 0.4) is 0 Å². The number of alkyl carbamates (subject to hydrolysis) is 1. The van der Waals surface area contributed by atoms with E-state index in [0.717, 1.165) is 0 Å². The number of carbonyl (C=O) groups is 2. The van der Waals surface area contributed by atoms with Crippen LogP contribution in [-0.2, 0) is 11.3 Å². The average molecular weight is 285 g/mol. The third kappa shape index (κ3) is 5.18. The minimum Gasteiger partial charge on any atom is -0.545 e. The Kier molecular flexibility index (Phi) is 4.78. The van der Waals surface area contributed by atoms with Crippen molar-refractivity contribution in [2.45, 2.75) is 32.9 Å². The Hall–Kier alpha value is -1.75. The van der Waals surface area contributed by atoms with Gasteiger partial charge >= 0.3 is 6.09 Å². The lowest BCUT2D eigenvalue weighted by atomic mass is 10.1. The minimum absolute atomic E-state index is 0.0232. The summed E-state index contributed by atoms with van der Waals surface area (Å²) in [5.41, 5.74) is -0.264. The molecular weight excluding hydrogens is 270 g/mol.